The van der Waals surface area contributed by atoms with Gasteiger partial charge in [-0.25, -0.2) is 4.79 Å². The number of fused-ring (bicyclic) bond motifs is 1. The van der Waals surface area contributed by atoms with Crippen molar-refractivity contribution in [3.8, 4) is 5.75 Å². The van der Waals surface area contributed by atoms with Crippen LogP contribution >= 0.6 is 11.6 Å². The van der Waals surface area contributed by atoms with E-state index in [2.05, 4.69) is 0 Å². The molecule has 0 bridgehead atoms. The first-order valence-corrected chi connectivity index (χ1v) is 7.47. The third-order valence-electron chi connectivity index (χ3n) is 3.42. The molecule has 3 aromatic rings. The highest BCUT2D eigenvalue weighted by molar-refractivity contribution is 6.32. The fourth-order valence-electron chi connectivity index (χ4n) is 2.29. The number of benzene rings is 2. The van der Waals surface area contributed by atoms with Crippen LogP contribution in [0.15, 0.2) is 51.7 Å². The zero-order chi connectivity index (χ0) is 16.4. The second-order valence-electron chi connectivity index (χ2n) is 5.15. The zero-order valence-electron chi connectivity index (χ0n) is 12.4. The number of aryl methyl sites for hydroxylation is 2. The van der Waals surface area contributed by atoms with Crippen molar-refractivity contribution >= 4 is 28.7 Å². The van der Waals surface area contributed by atoms with Crippen molar-refractivity contribution in [1.29, 1.82) is 0 Å². The Labute approximate surface area is 137 Å². The predicted molar refractivity (Wildman–Crippen MR) is 86.9 cm³/mol. The summed E-state index contributed by atoms with van der Waals surface area (Å²) in [5, 5.41) is 0.370. The van der Waals surface area contributed by atoms with Gasteiger partial charge in [0.05, 0.1) is 17.0 Å². The highest BCUT2D eigenvalue weighted by atomic mass is 35.5. The van der Waals surface area contributed by atoms with Gasteiger partial charge in [0.2, 0.25) is 0 Å². The van der Waals surface area contributed by atoms with Crippen LogP contribution in [-0.2, 0) is 11.3 Å². The van der Waals surface area contributed by atoms with Gasteiger partial charge in [0.1, 0.15) is 5.75 Å². The van der Waals surface area contributed by atoms with Gasteiger partial charge in [0.15, 0.2) is 5.58 Å². The summed E-state index contributed by atoms with van der Waals surface area (Å²) in [6.07, 6.45) is 0.0354. The van der Waals surface area contributed by atoms with E-state index in [-0.39, 0.29) is 13.0 Å². The number of halogens is 1. The van der Waals surface area contributed by atoms with Gasteiger partial charge in [-0.2, -0.15) is 0 Å². The lowest BCUT2D eigenvalue weighted by Gasteiger charge is -2.07. The van der Waals surface area contributed by atoms with E-state index in [4.69, 9.17) is 20.8 Å². The SMILES string of the molecule is Cc1ccc(Cl)c(OC(=O)CCn2c(=O)oc3ccccc32)c1. The summed E-state index contributed by atoms with van der Waals surface area (Å²) in [4.78, 5) is 23.8. The molecule has 2 aromatic carbocycles. The normalized spacial score (nSPS) is 10.9. The largest absolute Gasteiger partial charge is 0.425 e. The minimum absolute atomic E-state index is 0.0354. The molecule has 0 N–H and O–H groups in total. The number of oxazole rings is 1. The first-order valence-electron chi connectivity index (χ1n) is 7.10. The van der Waals surface area contributed by atoms with E-state index in [9.17, 15) is 9.59 Å². The van der Waals surface area contributed by atoms with Gasteiger partial charge in [-0.15, -0.1) is 0 Å². The summed E-state index contributed by atoms with van der Waals surface area (Å²) in [5.41, 5.74) is 2.08. The van der Waals surface area contributed by atoms with Crippen LogP contribution in [-0.4, -0.2) is 10.5 Å². The summed E-state index contributed by atoms with van der Waals surface area (Å²) >= 11 is 6.00. The second-order valence-corrected chi connectivity index (χ2v) is 5.55. The molecule has 0 amide bonds. The smallest absolute Gasteiger partial charge is 0.419 e. The summed E-state index contributed by atoms with van der Waals surface area (Å²) in [7, 11) is 0. The molecule has 0 aliphatic heterocycles. The van der Waals surface area contributed by atoms with Crippen LogP contribution < -0.4 is 10.5 Å². The van der Waals surface area contributed by atoms with Crippen molar-refractivity contribution in [2.45, 2.75) is 19.9 Å². The number of ether oxygens (including phenoxy) is 1. The lowest BCUT2D eigenvalue weighted by Crippen LogP contribution is -2.18. The molecule has 1 heterocycles. The number of nitrogens with zero attached hydrogens (tertiary/aromatic N) is 1. The number of rotatable bonds is 4. The molecule has 1 aromatic heterocycles. The van der Waals surface area contributed by atoms with Crippen LogP contribution in [0.5, 0.6) is 5.75 Å². The summed E-state index contributed by atoms with van der Waals surface area (Å²) in [6, 6.07) is 12.3. The quantitative estimate of drug-likeness (QED) is 0.542. The third kappa shape index (κ3) is 3.29. The molecule has 3 rings (SSSR count). The van der Waals surface area contributed by atoms with Gasteiger partial charge in [0.25, 0.3) is 0 Å². The van der Waals surface area contributed by atoms with E-state index >= 15 is 0 Å². The first-order chi connectivity index (χ1) is 11.0. The topological polar surface area (TPSA) is 61.4 Å². The van der Waals surface area contributed by atoms with Crippen molar-refractivity contribution in [2.24, 2.45) is 0 Å². The van der Waals surface area contributed by atoms with Crippen LogP contribution in [0, 0.1) is 6.92 Å². The molecular formula is C17H14ClNO4. The summed E-state index contributed by atoms with van der Waals surface area (Å²) in [5.74, 6) is -0.636. The Bertz CT molecular complexity index is 926. The van der Waals surface area contributed by atoms with E-state index in [0.717, 1.165) is 5.56 Å². The number of para-hydroxylation sites is 2. The Morgan fingerprint density at radius 1 is 1.26 bits per heavy atom. The van der Waals surface area contributed by atoms with Crippen molar-refractivity contribution in [3.63, 3.8) is 0 Å². The molecular weight excluding hydrogens is 318 g/mol. The fraction of sp³-hybridized carbons (Fsp3) is 0.176. The lowest BCUT2D eigenvalue weighted by atomic mass is 10.2. The number of hydrogen-bond donors (Lipinski definition) is 0. The van der Waals surface area contributed by atoms with Crippen LogP contribution in [0.2, 0.25) is 5.02 Å². The molecule has 5 nitrogen and oxygen atoms in total. The van der Waals surface area contributed by atoms with E-state index in [1.54, 1.807) is 36.4 Å². The Morgan fingerprint density at radius 3 is 2.87 bits per heavy atom. The Balaban J connectivity index is 1.72. The molecule has 0 atom stereocenters. The highest BCUT2D eigenvalue weighted by Crippen LogP contribution is 2.25. The minimum atomic E-state index is -0.493. The van der Waals surface area contributed by atoms with E-state index in [1.807, 2.05) is 13.0 Å². The number of aromatic nitrogens is 1. The molecule has 0 aliphatic rings. The van der Waals surface area contributed by atoms with Crippen molar-refractivity contribution in [2.75, 3.05) is 0 Å². The van der Waals surface area contributed by atoms with Crippen LogP contribution in [0.25, 0.3) is 11.1 Å². The molecule has 6 heteroatoms. The average molecular weight is 332 g/mol. The van der Waals surface area contributed by atoms with Gasteiger partial charge in [0, 0.05) is 6.54 Å². The zero-order valence-corrected chi connectivity index (χ0v) is 13.2. The van der Waals surface area contributed by atoms with Crippen molar-refractivity contribution in [1.82, 2.24) is 4.57 Å². The van der Waals surface area contributed by atoms with Crippen LogP contribution in [0.4, 0.5) is 0 Å². The second kappa shape index (κ2) is 6.30. The average Bonchev–Trinajstić information content (AvgIpc) is 2.84. The van der Waals surface area contributed by atoms with Gasteiger partial charge in [-0.1, -0.05) is 29.8 Å². The molecule has 0 saturated heterocycles. The molecule has 0 saturated carbocycles. The van der Waals surface area contributed by atoms with Crippen molar-refractivity contribution < 1.29 is 13.9 Å². The van der Waals surface area contributed by atoms with Crippen LogP contribution in [0.1, 0.15) is 12.0 Å². The first kappa shape index (κ1) is 15.4. The lowest BCUT2D eigenvalue weighted by molar-refractivity contribution is -0.134. The Morgan fingerprint density at radius 2 is 2.04 bits per heavy atom. The highest BCUT2D eigenvalue weighted by Gasteiger charge is 2.13. The molecule has 23 heavy (non-hydrogen) atoms. The van der Waals surface area contributed by atoms with E-state index in [1.165, 1.54) is 4.57 Å². The maximum Gasteiger partial charge on any atom is 0.419 e. The molecule has 0 aliphatic carbocycles. The fourth-order valence-corrected chi connectivity index (χ4v) is 2.45. The number of carbonyl (C=O) groups excluding carboxylic acids is 1. The minimum Gasteiger partial charge on any atom is -0.425 e. The molecule has 0 spiro atoms. The van der Waals surface area contributed by atoms with Gasteiger partial charge in [-0.05, 0) is 36.8 Å². The van der Waals surface area contributed by atoms with Gasteiger partial charge >= 0.3 is 11.7 Å². The number of esters is 1. The third-order valence-corrected chi connectivity index (χ3v) is 3.74. The molecule has 118 valence electrons. The van der Waals surface area contributed by atoms with E-state index in [0.29, 0.717) is 21.9 Å². The molecule has 0 unspecified atom stereocenters. The van der Waals surface area contributed by atoms with Gasteiger partial charge in [-0.3, -0.25) is 9.36 Å². The van der Waals surface area contributed by atoms with Crippen molar-refractivity contribution in [3.05, 3.63) is 63.6 Å². The molecule has 0 radical (unpaired) electrons. The predicted octanol–water partition coefficient (Wildman–Crippen LogP) is 3.55. The van der Waals surface area contributed by atoms with Gasteiger partial charge < -0.3 is 9.15 Å². The Hall–Kier alpha value is -2.53. The summed E-state index contributed by atoms with van der Waals surface area (Å²) < 4.78 is 11.8. The maximum atomic E-state index is 12.0. The van der Waals surface area contributed by atoms with Crippen LogP contribution in [0.3, 0.4) is 0 Å². The number of carbonyl (C=O) groups is 1. The summed E-state index contributed by atoms with van der Waals surface area (Å²) in [6.45, 7) is 2.06. The Kier molecular flexibility index (Phi) is 4.21. The standard InChI is InChI=1S/C17H14ClNO4/c1-11-6-7-12(18)15(10-11)22-16(20)8-9-19-13-4-2-3-5-14(13)23-17(19)21/h2-7,10H,8-9H2,1H3. The molecule has 0 fully saturated rings. The maximum absolute atomic E-state index is 12.0. The number of hydrogen-bond acceptors (Lipinski definition) is 4. The monoisotopic (exact) mass is 331 g/mol. The van der Waals surface area contributed by atoms with E-state index < -0.39 is 11.7 Å².